The zero-order chi connectivity index (χ0) is 29.5. The Labute approximate surface area is 242 Å². The highest BCUT2D eigenvalue weighted by Crippen LogP contribution is 2.39. The molecule has 218 valence electrons. The van der Waals surface area contributed by atoms with E-state index in [4.69, 9.17) is 4.74 Å². The average Bonchev–Trinajstić information content (AvgIpc) is 3.70. The Morgan fingerprint density at radius 1 is 1.19 bits per heavy atom. The first-order chi connectivity index (χ1) is 20.2. The molecule has 0 radical (unpaired) electrons. The number of carbonyl (C=O) groups excluding carboxylic acids is 1. The van der Waals surface area contributed by atoms with Crippen molar-refractivity contribution < 1.29 is 29.2 Å². The fourth-order valence-electron chi connectivity index (χ4n) is 5.17. The van der Waals surface area contributed by atoms with Crippen LogP contribution in [0, 0.1) is 12.7 Å². The number of hydrogen-bond donors (Lipinski definition) is 4. The van der Waals surface area contributed by atoms with Gasteiger partial charge in [0.05, 0.1) is 38.9 Å². The maximum Gasteiger partial charge on any atom is 0.221 e. The lowest BCUT2D eigenvalue weighted by Gasteiger charge is -2.42. The number of anilines is 1. The van der Waals surface area contributed by atoms with Crippen LogP contribution in [-0.4, -0.2) is 80.9 Å². The lowest BCUT2D eigenvalue weighted by molar-refractivity contribution is -0.205. The molecule has 13 nitrogen and oxygen atoms in total. The number of amides is 1. The first-order valence-corrected chi connectivity index (χ1v) is 13.9. The zero-order valence-corrected chi connectivity index (χ0v) is 23.3. The second kappa shape index (κ2) is 11.3. The number of aliphatic hydroxyl groups is 3. The third-order valence-electron chi connectivity index (χ3n) is 7.07. The number of carbonyl (C=O) groups is 1. The highest BCUT2D eigenvalue weighted by molar-refractivity contribution is 7.18. The molecule has 1 fully saturated rings. The van der Waals surface area contributed by atoms with Gasteiger partial charge in [0.25, 0.3) is 0 Å². The predicted molar refractivity (Wildman–Crippen MR) is 149 cm³/mol. The van der Waals surface area contributed by atoms with E-state index in [1.54, 1.807) is 22.1 Å². The van der Waals surface area contributed by atoms with Crippen LogP contribution in [0.1, 0.15) is 36.3 Å². The minimum absolute atomic E-state index is 0.0253. The van der Waals surface area contributed by atoms with Crippen molar-refractivity contribution in [1.82, 2.24) is 34.7 Å². The summed E-state index contributed by atoms with van der Waals surface area (Å²) in [5, 5.41) is 48.4. The largest absolute Gasteiger partial charge is 0.396 e. The third kappa shape index (κ3) is 5.16. The Morgan fingerprint density at radius 2 is 2.02 bits per heavy atom. The van der Waals surface area contributed by atoms with E-state index in [0.29, 0.717) is 17.1 Å². The number of fused-ring (bicyclic) bond motifs is 1. The molecule has 0 spiro atoms. The fourth-order valence-corrected chi connectivity index (χ4v) is 6.03. The van der Waals surface area contributed by atoms with Crippen molar-refractivity contribution in [3.63, 3.8) is 0 Å². The van der Waals surface area contributed by atoms with Gasteiger partial charge in [0, 0.05) is 19.1 Å². The molecule has 0 bridgehead atoms. The number of thiazole rings is 1. The number of aryl methyl sites for hydroxylation is 1. The Kier molecular flexibility index (Phi) is 7.51. The molecule has 4 N–H and O–H groups in total. The topological polar surface area (TPSA) is 173 Å². The van der Waals surface area contributed by atoms with Crippen LogP contribution in [0.3, 0.4) is 0 Å². The zero-order valence-electron chi connectivity index (χ0n) is 22.5. The molecule has 5 atom stereocenters. The van der Waals surface area contributed by atoms with Crippen molar-refractivity contribution >= 4 is 33.1 Å². The first-order valence-electron chi connectivity index (χ1n) is 13.1. The van der Waals surface area contributed by atoms with Crippen LogP contribution in [0.15, 0.2) is 48.9 Å². The second-order valence-electron chi connectivity index (χ2n) is 9.95. The average molecular weight is 595 g/mol. The summed E-state index contributed by atoms with van der Waals surface area (Å²) >= 11 is 1.54. The van der Waals surface area contributed by atoms with E-state index in [1.807, 2.05) is 25.1 Å². The highest BCUT2D eigenvalue weighted by Gasteiger charge is 2.48. The lowest BCUT2D eigenvalue weighted by Crippen LogP contribution is -2.52. The van der Waals surface area contributed by atoms with Gasteiger partial charge < -0.3 is 25.4 Å². The van der Waals surface area contributed by atoms with Gasteiger partial charge >= 0.3 is 0 Å². The molecule has 1 amide bonds. The van der Waals surface area contributed by atoms with Crippen LogP contribution >= 0.6 is 11.3 Å². The Hall–Kier alpha value is -4.15. The normalized spacial score (nSPS) is 22.5. The number of halogens is 1. The monoisotopic (exact) mass is 594 g/mol. The van der Waals surface area contributed by atoms with Gasteiger partial charge in [0.15, 0.2) is 5.82 Å². The number of nitrogens with zero attached hydrogens (tertiary/aromatic N) is 7. The SMILES string of the molecule is CC(=O)Nc1ccc(-c2cn([C@H]3[C@@H](O)[C@@H](CCO)O[C@@H](c4ncnn4-c4ccc5nc(C)sc5c4)[C@@H]3O)nn2)cc1F. The summed E-state index contributed by atoms with van der Waals surface area (Å²) in [5.41, 5.74) is 2.22. The van der Waals surface area contributed by atoms with Gasteiger partial charge in [-0.05, 0) is 43.7 Å². The molecule has 1 aliphatic rings. The van der Waals surface area contributed by atoms with Crippen LogP contribution < -0.4 is 5.32 Å². The summed E-state index contributed by atoms with van der Waals surface area (Å²) in [6, 6.07) is 8.77. The smallest absolute Gasteiger partial charge is 0.221 e. The van der Waals surface area contributed by atoms with Crippen molar-refractivity contribution in [1.29, 1.82) is 0 Å². The molecule has 2 aromatic carbocycles. The standard InChI is InChI=1S/C27H27FN8O5S/c1-13(38)31-18-5-3-15(9-17(18)28)20-11-35(34-33-20)23-24(39)21(7-8-37)41-26(25(23)40)27-29-12-30-36(27)16-4-6-19-22(10-16)42-14(2)32-19/h3-6,9-12,21,23-26,37,39-40H,7-8H2,1-2H3,(H,31,38)/t21-,23+,24+,25-,26-/m1/s1. The van der Waals surface area contributed by atoms with Crippen molar-refractivity contribution in [3.05, 3.63) is 65.6 Å². The number of ether oxygens (including phenoxy) is 1. The molecule has 4 heterocycles. The summed E-state index contributed by atoms with van der Waals surface area (Å²) < 4.78 is 24.5. The van der Waals surface area contributed by atoms with E-state index in [2.05, 4.69) is 30.7 Å². The van der Waals surface area contributed by atoms with Crippen LogP contribution in [0.4, 0.5) is 10.1 Å². The van der Waals surface area contributed by atoms with Crippen molar-refractivity contribution in [3.8, 4) is 16.9 Å². The minimum atomic E-state index is -1.36. The van der Waals surface area contributed by atoms with E-state index in [0.717, 1.165) is 15.2 Å². The third-order valence-corrected chi connectivity index (χ3v) is 8.00. The highest BCUT2D eigenvalue weighted by atomic mass is 32.1. The van der Waals surface area contributed by atoms with Gasteiger partial charge in [0.1, 0.15) is 42.2 Å². The molecule has 15 heteroatoms. The molecule has 0 saturated carbocycles. The summed E-state index contributed by atoms with van der Waals surface area (Å²) in [6.07, 6.45) is -1.66. The molecule has 1 aliphatic heterocycles. The Balaban J connectivity index is 1.34. The van der Waals surface area contributed by atoms with E-state index >= 15 is 0 Å². The second-order valence-corrected chi connectivity index (χ2v) is 11.2. The van der Waals surface area contributed by atoms with E-state index in [9.17, 15) is 24.5 Å². The number of aliphatic hydroxyl groups excluding tert-OH is 3. The first kappa shape index (κ1) is 28.0. The summed E-state index contributed by atoms with van der Waals surface area (Å²) in [4.78, 5) is 20.2. The number of nitrogens with one attached hydrogen (secondary N) is 1. The number of benzene rings is 2. The molecular formula is C27H27FN8O5S. The lowest BCUT2D eigenvalue weighted by atomic mass is 9.90. The van der Waals surface area contributed by atoms with Crippen molar-refractivity contribution in [2.45, 2.75) is 50.7 Å². The minimum Gasteiger partial charge on any atom is -0.396 e. The Bertz CT molecular complexity index is 1760. The van der Waals surface area contributed by atoms with E-state index < -0.39 is 42.2 Å². The van der Waals surface area contributed by atoms with Gasteiger partial charge in [-0.3, -0.25) is 4.79 Å². The molecule has 6 rings (SSSR count). The van der Waals surface area contributed by atoms with Crippen LogP contribution in [0.25, 0.3) is 27.2 Å². The molecule has 0 unspecified atom stereocenters. The van der Waals surface area contributed by atoms with Gasteiger partial charge in [-0.1, -0.05) is 11.3 Å². The van der Waals surface area contributed by atoms with Gasteiger partial charge in [-0.25, -0.2) is 23.7 Å². The van der Waals surface area contributed by atoms with Crippen LogP contribution in [0.5, 0.6) is 0 Å². The molecule has 0 aliphatic carbocycles. The number of aromatic nitrogens is 7. The summed E-state index contributed by atoms with van der Waals surface area (Å²) in [7, 11) is 0. The van der Waals surface area contributed by atoms with Crippen LogP contribution in [-0.2, 0) is 9.53 Å². The fraction of sp³-hybridized carbons (Fsp3) is 0.333. The quantitative estimate of drug-likeness (QED) is 0.219. The molecular weight excluding hydrogens is 567 g/mol. The summed E-state index contributed by atoms with van der Waals surface area (Å²) in [5.74, 6) is -0.770. The molecule has 3 aromatic heterocycles. The van der Waals surface area contributed by atoms with Crippen molar-refractivity contribution in [2.75, 3.05) is 11.9 Å². The maximum atomic E-state index is 14.6. The van der Waals surface area contributed by atoms with Crippen molar-refractivity contribution in [2.24, 2.45) is 0 Å². The van der Waals surface area contributed by atoms with Gasteiger partial charge in [-0.15, -0.1) is 16.4 Å². The Morgan fingerprint density at radius 3 is 2.79 bits per heavy atom. The number of hydrogen-bond acceptors (Lipinski definition) is 11. The molecule has 1 saturated heterocycles. The van der Waals surface area contributed by atoms with Crippen LogP contribution in [0.2, 0.25) is 0 Å². The van der Waals surface area contributed by atoms with Gasteiger partial charge in [0.2, 0.25) is 5.91 Å². The van der Waals surface area contributed by atoms with Gasteiger partial charge in [-0.2, -0.15) is 5.10 Å². The summed E-state index contributed by atoms with van der Waals surface area (Å²) in [6.45, 7) is 2.94. The van der Waals surface area contributed by atoms with E-state index in [1.165, 1.54) is 36.3 Å². The van der Waals surface area contributed by atoms with E-state index in [-0.39, 0.29) is 24.4 Å². The molecule has 42 heavy (non-hydrogen) atoms. The maximum absolute atomic E-state index is 14.6. The number of rotatable bonds is 7. The predicted octanol–water partition coefficient (Wildman–Crippen LogP) is 2.33. The molecule has 5 aromatic rings.